The Bertz CT molecular complexity index is 653. The monoisotopic (exact) mass is 391 g/mol. The van der Waals surface area contributed by atoms with Gasteiger partial charge in [-0.05, 0) is 36.4 Å². The van der Waals surface area contributed by atoms with E-state index in [2.05, 4.69) is 10.5 Å². The first-order chi connectivity index (χ1) is 9.40. The van der Waals surface area contributed by atoms with Crippen molar-refractivity contribution >= 4 is 34.0 Å². The number of anilines is 1. The van der Waals surface area contributed by atoms with Gasteiger partial charge >= 0.3 is 0 Å². The summed E-state index contributed by atoms with van der Waals surface area (Å²) in [6.07, 6.45) is 0. The van der Waals surface area contributed by atoms with Gasteiger partial charge in [-0.2, -0.15) is 0 Å². The number of nitrogens with zero attached hydrogens (tertiary/aromatic N) is 2. The average molecular weight is 391 g/mol. The molecule has 0 spiro atoms. The molecule has 0 fully saturated rings. The highest BCUT2D eigenvalue weighted by molar-refractivity contribution is 14.1. The van der Waals surface area contributed by atoms with E-state index in [1.165, 1.54) is 6.07 Å². The van der Waals surface area contributed by atoms with Crippen LogP contribution in [-0.2, 0) is 6.54 Å². The normalized spacial score (nSPS) is 10.6. The topological polar surface area (TPSA) is 81.2 Å². The first-order valence-corrected chi connectivity index (χ1v) is 6.77. The fourth-order valence-corrected chi connectivity index (χ4v) is 2.22. The minimum atomic E-state index is -0.544. The number of halogens is 2. The van der Waals surface area contributed by atoms with E-state index in [1.54, 1.807) is 36.4 Å². The third-order valence-corrected chi connectivity index (χ3v) is 3.70. The second kappa shape index (κ2) is 5.73. The minimum absolute atomic E-state index is 0.132. The summed E-state index contributed by atoms with van der Waals surface area (Å²) in [5.41, 5.74) is 1.47. The van der Waals surface area contributed by atoms with E-state index in [1.807, 2.05) is 0 Å². The average Bonchev–Trinajstić information content (AvgIpc) is 2.70. The second-order valence-electron chi connectivity index (χ2n) is 4.20. The Hall–Kier alpha value is -1.71. The van der Waals surface area contributed by atoms with Gasteiger partial charge in [0.05, 0.1) is 14.2 Å². The smallest absolute Gasteiger partial charge is 0.293 e. The summed E-state index contributed by atoms with van der Waals surface area (Å²) in [5.74, 6) is 0.126. The molecule has 0 aliphatic carbocycles. The van der Waals surface area contributed by atoms with E-state index in [0.717, 1.165) is 11.6 Å². The Balaban J connectivity index is 2.29. The number of aryl methyl sites for hydroxylation is 2. The first-order valence-electron chi connectivity index (χ1n) is 5.69. The molecular formula is C12H11FIN3O3. The number of rotatable bonds is 4. The molecule has 0 saturated heterocycles. The summed E-state index contributed by atoms with van der Waals surface area (Å²) in [6, 6.07) is 2.32. The molecule has 1 aromatic carbocycles. The Morgan fingerprint density at radius 2 is 2.20 bits per heavy atom. The number of aromatic nitrogens is 1. The van der Waals surface area contributed by atoms with Crippen LogP contribution in [0.1, 0.15) is 17.0 Å². The Morgan fingerprint density at radius 3 is 2.75 bits per heavy atom. The van der Waals surface area contributed by atoms with Crippen LogP contribution in [0.5, 0.6) is 0 Å². The van der Waals surface area contributed by atoms with Crippen LogP contribution < -0.4 is 5.32 Å². The second-order valence-corrected chi connectivity index (χ2v) is 5.36. The van der Waals surface area contributed by atoms with Crippen molar-refractivity contribution < 1.29 is 13.8 Å². The summed E-state index contributed by atoms with van der Waals surface area (Å²) < 4.78 is 18.8. The maximum Gasteiger partial charge on any atom is 0.293 e. The summed E-state index contributed by atoms with van der Waals surface area (Å²) in [4.78, 5) is 10.4. The lowest BCUT2D eigenvalue weighted by Gasteiger charge is -2.08. The molecule has 0 bridgehead atoms. The van der Waals surface area contributed by atoms with Crippen LogP contribution in [0.25, 0.3) is 0 Å². The standard InChI is InChI=1S/C12H11FIN3O3/c1-6-8(7(2)20-16-6)5-15-11-3-9(13)10(14)4-12(11)17(18)19/h3-4,15H,5H2,1-2H3. The predicted molar refractivity (Wildman–Crippen MR) is 79.1 cm³/mol. The highest BCUT2D eigenvalue weighted by atomic mass is 127. The van der Waals surface area contributed by atoms with Crippen molar-refractivity contribution in [3.05, 3.63) is 48.7 Å². The molecule has 0 saturated carbocycles. The van der Waals surface area contributed by atoms with Gasteiger partial charge in [-0.1, -0.05) is 5.16 Å². The molecular weight excluding hydrogens is 380 g/mol. The van der Waals surface area contributed by atoms with Crippen LogP contribution in [0.4, 0.5) is 15.8 Å². The van der Waals surface area contributed by atoms with Crippen LogP contribution >= 0.6 is 22.6 Å². The summed E-state index contributed by atoms with van der Waals surface area (Å²) >= 11 is 1.72. The third-order valence-electron chi connectivity index (χ3n) is 2.87. The maximum absolute atomic E-state index is 13.5. The number of nitrogens with one attached hydrogen (secondary N) is 1. The molecule has 2 aromatic rings. The number of hydrogen-bond donors (Lipinski definition) is 1. The molecule has 0 aliphatic rings. The quantitative estimate of drug-likeness (QED) is 0.490. The van der Waals surface area contributed by atoms with Crippen LogP contribution in [0.15, 0.2) is 16.7 Å². The lowest BCUT2D eigenvalue weighted by atomic mass is 10.2. The van der Waals surface area contributed by atoms with Gasteiger partial charge < -0.3 is 9.84 Å². The number of nitro benzene ring substituents is 1. The van der Waals surface area contributed by atoms with Gasteiger partial charge in [0.1, 0.15) is 17.3 Å². The minimum Gasteiger partial charge on any atom is -0.375 e. The summed E-state index contributed by atoms with van der Waals surface area (Å²) in [5, 5.41) is 17.6. The van der Waals surface area contributed by atoms with Crippen molar-refractivity contribution in [1.29, 1.82) is 0 Å². The Morgan fingerprint density at radius 1 is 1.50 bits per heavy atom. The molecule has 1 heterocycles. The molecule has 0 atom stereocenters. The molecule has 0 radical (unpaired) electrons. The van der Waals surface area contributed by atoms with Crippen molar-refractivity contribution in [3.8, 4) is 0 Å². The van der Waals surface area contributed by atoms with Gasteiger partial charge in [0, 0.05) is 24.2 Å². The van der Waals surface area contributed by atoms with E-state index in [-0.39, 0.29) is 21.5 Å². The summed E-state index contributed by atoms with van der Waals surface area (Å²) in [7, 11) is 0. The van der Waals surface area contributed by atoms with Crippen molar-refractivity contribution in [1.82, 2.24) is 5.16 Å². The molecule has 0 unspecified atom stereocenters. The fraction of sp³-hybridized carbons (Fsp3) is 0.250. The number of benzene rings is 1. The van der Waals surface area contributed by atoms with E-state index in [0.29, 0.717) is 11.5 Å². The first kappa shape index (κ1) is 14.7. The molecule has 1 N–H and O–H groups in total. The molecule has 8 heteroatoms. The van der Waals surface area contributed by atoms with Crippen LogP contribution in [-0.4, -0.2) is 10.1 Å². The van der Waals surface area contributed by atoms with Crippen LogP contribution in [0.3, 0.4) is 0 Å². The highest BCUT2D eigenvalue weighted by Crippen LogP contribution is 2.29. The number of nitro groups is 1. The Kier molecular flexibility index (Phi) is 4.21. The van der Waals surface area contributed by atoms with Gasteiger partial charge in [-0.25, -0.2) is 4.39 Å². The number of hydrogen-bond acceptors (Lipinski definition) is 5. The molecule has 0 aliphatic heterocycles. The third kappa shape index (κ3) is 2.89. The van der Waals surface area contributed by atoms with E-state index < -0.39 is 10.7 Å². The molecule has 6 nitrogen and oxygen atoms in total. The lowest BCUT2D eigenvalue weighted by molar-refractivity contribution is -0.384. The van der Waals surface area contributed by atoms with Gasteiger partial charge in [-0.15, -0.1) is 0 Å². The van der Waals surface area contributed by atoms with E-state index >= 15 is 0 Å². The zero-order valence-electron chi connectivity index (χ0n) is 10.7. The van der Waals surface area contributed by atoms with E-state index in [9.17, 15) is 14.5 Å². The maximum atomic E-state index is 13.5. The van der Waals surface area contributed by atoms with Gasteiger partial charge in [0.2, 0.25) is 0 Å². The zero-order valence-corrected chi connectivity index (χ0v) is 12.9. The van der Waals surface area contributed by atoms with Gasteiger partial charge in [0.15, 0.2) is 0 Å². The fourth-order valence-electron chi connectivity index (χ4n) is 1.77. The highest BCUT2D eigenvalue weighted by Gasteiger charge is 2.18. The van der Waals surface area contributed by atoms with Crippen LogP contribution in [0.2, 0.25) is 0 Å². The van der Waals surface area contributed by atoms with Crippen molar-refractivity contribution in [3.63, 3.8) is 0 Å². The van der Waals surface area contributed by atoms with Crippen LogP contribution in [0, 0.1) is 33.3 Å². The SMILES string of the molecule is Cc1noc(C)c1CNc1cc(F)c(I)cc1[N+](=O)[O-]. The Labute approximate surface area is 127 Å². The zero-order chi connectivity index (χ0) is 14.9. The lowest BCUT2D eigenvalue weighted by Crippen LogP contribution is -2.05. The molecule has 1 aromatic heterocycles. The van der Waals surface area contributed by atoms with Crippen molar-refractivity contribution in [2.24, 2.45) is 0 Å². The van der Waals surface area contributed by atoms with Gasteiger partial charge in [-0.3, -0.25) is 10.1 Å². The summed E-state index contributed by atoms with van der Waals surface area (Å²) in [6.45, 7) is 3.80. The molecule has 0 amide bonds. The molecule has 20 heavy (non-hydrogen) atoms. The van der Waals surface area contributed by atoms with Crippen molar-refractivity contribution in [2.75, 3.05) is 5.32 Å². The largest absolute Gasteiger partial charge is 0.375 e. The van der Waals surface area contributed by atoms with Gasteiger partial charge in [0.25, 0.3) is 5.69 Å². The molecule has 2 rings (SSSR count). The van der Waals surface area contributed by atoms with E-state index in [4.69, 9.17) is 4.52 Å². The molecule has 106 valence electrons. The van der Waals surface area contributed by atoms with Crippen molar-refractivity contribution in [2.45, 2.75) is 20.4 Å². The predicted octanol–water partition coefficient (Wildman–Crippen LogP) is 3.56.